The van der Waals surface area contributed by atoms with E-state index in [1.165, 1.54) is 0 Å². The average Bonchev–Trinajstić information content (AvgIpc) is 2.86. The number of nitrogens with zero attached hydrogens (tertiary/aromatic N) is 1. The molecule has 0 aromatic heterocycles. The molecule has 4 atom stereocenters. The van der Waals surface area contributed by atoms with Crippen LogP contribution in [0.1, 0.15) is 32.6 Å². The van der Waals surface area contributed by atoms with Gasteiger partial charge < -0.3 is 15.4 Å². The van der Waals surface area contributed by atoms with Crippen molar-refractivity contribution < 1.29 is 9.53 Å². The Morgan fingerprint density at radius 2 is 2.17 bits per heavy atom. The standard InChI is InChI=1S/C14H26N2O2/c1-10-6-7-16(9-13(10)18-2)14(17)12-5-3-4-11(12)8-15/h10-13H,3-9,15H2,1-2H3. The molecule has 2 fully saturated rings. The Morgan fingerprint density at radius 3 is 2.83 bits per heavy atom. The van der Waals surface area contributed by atoms with E-state index < -0.39 is 0 Å². The van der Waals surface area contributed by atoms with Crippen LogP contribution in [0.2, 0.25) is 0 Å². The van der Waals surface area contributed by atoms with Crippen molar-refractivity contribution >= 4 is 5.91 Å². The van der Waals surface area contributed by atoms with Crippen LogP contribution >= 0.6 is 0 Å². The summed E-state index contributed by atoms with van der Waals surface area (Å²) in [4.78, 5) is 14.6. The molecule has 1 heterocycles. The fourth-order valence-corrected chi connectivity index (χ4v) is 3.42. The summed E-state index contributed by atoms with van der Waals surface area (Å²) in [5.74, 6) is 1.43. The summed E-state index contributed by atoms with van der Waals surface area (Å²) >= 11 is 0. The van der Waals surface area contributed by atoms with Crippen LogP contribution in [-0.4, -0.2) is 43.7 Å². The Bertz CT molecular complexity index is 296. The van der Waals surface area contributed by atoms with Crippen molar-refractivity contribution in [1.82, 2.24) is 4.90 Å². The van der Waals surface area contributed by atoms with Gasteiger partial charge in [0.25, 0.3) is 0 Å². The molecule has 0 aromatic rings. The second-order valence-corrected chi connectivity index (χ2v) is 5.86. The quantitative estimate of drug-likeness (QED) is 0.824. The van der Waals surface area contributed by atoms with Crippen molar-refractivity contribution in [1.29, 1.82) is 0 Å². The first-order valence-electron chi connectivity index (χ1n) is 7.19. The van der Waals surface area contributed by atoms with E-state index in [4.69, 9.17) is 10.5 Å². The zero-order valence-electron chi connectivity index (χ0n) is 11.6. The number of methoxy groups -OCH3 is 1. The molecule has 18 heavy (non-hydrogen) atoms. The number of carbonyl (C=O) groups is 1. The van der Waals surface area contributed by atoms with Crippen LogP contribution in [0.5, 0.6) is 0 Å². The SMILES string of the molecule is COC1CN(C(=O)C2CCCC2CN)CCC1C. The summed E-state index contributed by atoms with van der Waals surface area (Å²) in [7, 11) is 1.74. The number of carbonyl (C=O) groups excluding carboxylic acids is 1. The van der Waals surface area contributed by atoms with Crippen molar-refractivity contribution in [2.24, 2.45) is 23.5 Å². The monoisotopic (exact) mass is 254 g/mol. The second-order valence-electron chi connectivity index (χ2n) is 5.86. The highest BCUT2D eigenvalue weighted by Gasteiger charge is 2.37. The first-order chi connectivity index (χ1) is 8.67. The van der Waals surface area contributed by atoms with E-state index in [9.17, 15) is 4.79 Å². The van der Waals surface area contributed by atoms with Gasteiger partial charge in [0.1, 0.15) is 0 Å². The molecule has 4 nitrogen and oxygen atoms in total. The Balaban J connectivity index is 1.96. The lowest BCUT2D eigenvalue weighted by molar-refractivity contribution is -0.141. The van der Waals surface area contributed by atoms with Crippen LogP contribution in [0, 0.1) is 17.8 Å². The lowest BCUT2D eigenvalue weighted by Crippen LogP contribution is -2.49. The minimum absolute atomic E-state index is 0.168. The smallest absolute Gasteiger partial charge is 0.226 e. The van der Waals surface area contributed by atoms with Crippen LogP contribution < -0.4 is 5.73 Å². The lowest BCUT2D eigenvalue weighted by Gasteiger charge is -2.38. The minimum Gasteiger partial charge on any atom is -0.379 e. The second kappa shape index (κ2) is 6.02. The van der Waals surface area contributed by atoms with E-state index in [1.807, 2.05) is 4.90 Å². The average molecular weight is 254 g/mol. The molecule has 4 unspecified atom stereocenters. The normalized spacial score (nSPS) is 36.9. The molecular formula is C14H26N2O2. The van der Waals surface area contributed by atoms with Crippen LogP contribution in [-0.2, 0) is 9.53 Å². The number of amides is 1. The van der Waals surface area contributed by atoms with Gasteiger partial charge in [-0.3, -0.25) is 4.79 Å². The number of piperidine rings is 1. The van der Waals surface area contributed by atoms with Gasteiger partial charge >= 0.3 is 0 Å². The fraction of sp³-hybridized carbons (Fsp3) is 0.929. The molecule has 2 N–H and O–H groups in total. The number of ether oxygens (including phenoxy) is 1. The van der Waals surface area contributed by atoms with Crippen LogP contribution in [0.25, 0.3) is 0 Å². The number of nitrogens with two attached hydrogens (primary N) is 1. The van der Waals surface area contributed by atoms with Gasteiger partial charge in [-0.25, -0.2) is 0 Å². The largest absolute Gasteiger partial charge is 0.379 e. The number of hydrogen-bond donors (Lipinski definition) is 1. The molecule has 1 aliphatic carbocycles. The zero-order chi connectivity index (χ0) is 13.1. The molecule has 1 saturated heterocycles. The van der Waals surface area contributed by atoms with Crippen molar-refractivity contribution in [3.8, 4) is 0 Å². The molecule has 2 aliphatic rings. The Kier molecular flexibility index (Phi) is 4.62. The van der Waals surface area contributed by atoms with E-state index >= 15 is 0 Å². The van der Waals surface area contributed by atoms with E-state index in [1.54, 1.807) is 7.11 Å². The van der Waals surface area contributed by atoms with Gasteiger partial charge in [0.2, 0.25) is 5.91 Å². The summed E-state index contributed by atoms with van der Waals surface area (Å²) in [6.07, 6.45) is 4.52. The van der Waals surface area contributed by atoms with Crippen molar-refractivity contribution in [2.45, 2.75) is 38.7 Å². The van der Waals surface area contributed by atoms with Crippen LogP contribution in [0.3, 0.4) is 0 Å². The molecule has 0 aromatic carbocycles. The molecular weight excluding hydrogens is 228 g/mol. The fourth-order valence-electron chi connectivity index (χ4n) is 3.42. The van der Waals surface area contributed by atoms with E-state index in [0.29, 0.717) is 24.3 Å². The lowest BCUT2D eigenvalue weighted by atomic mass is 9.91. The van der Waals surface area contributed by atoms with Crippen LogP contribution in [0.4, 0.5) is 0 Å². The Labute approximate surface area is 110 Å². The van der Waals surface area contributed by atoms with E-state index in [2.05, 4.69) is 6.92 Å². The maximum atomic E-state index is 12.6. The highest BCUT2D eigenvalue weighted by atomic mass is 16.5. The summed E-state index contributed by atoms with van der Waals surface area (Å²) in [5.41, 5.74) is 5.77. The maximum absolute atomic E-state index is 12.6. The van der Waals surface area contributed by atoms with Gasteiger partial charge in [-0.15, -0.1) is 0 Å². The van der Waals surface area contributed by atoms with Gasteiger partial charge in [0, 0.05) is 26.1 Å². The number of likely N-dealkylation sites (tertiary alicyclic amines) is 1. The maximum Gasteiger partial charge on any atom is 0.226 e. The minimum atomic E-state index is 0.168. The Hall–Kier alpha value is -0.610. The summed E-state index contributed by atoms with van der Waals surface area (Å²) < 4.78 is 5.48. The van der Waals surface area contributed by atoms with Crippen molar-refractivity contribution in [3.63, 3.8) is 0 Å². The summed E-state index contributed by atoms with van der Waals surface area (Å²) in [5, 5.41) is 0. The third-order valence-corrected chi connectivity index (χ3v) is 4.78. The number of rotatable bonds is 3. The first-order valence-corrected chi connectivity index (χ1v) is 7.19. The molecule has 1 aliphatic heterocycles. The van der Waals surface area contributed by atoms with Crippen LogP contribution in [0.15, 0.2) is 0 Å². The predicted octanol–water partition coefficient (Wildman–Crippen LogP) is 1.24. The summed E-state index contributed by atoms with van der Waals surface area (Å²) in [6.45, 7) is 4.49. The van der Waals surface area contributed by atoms with Crippen molar-refractivity contribution in [2.75, 3.05) is 26.7 Å². The third kappa shape index (κ3) is 2.69. The predicted molar refractivity (Wildman–Crippen MR) is 71.0 cm³/mol. The molecule has 0 spiro atoms. The van der Waals surface area contributed by atoms with Crippen molar-refractivity contribution in [3.05, 3.63) is 0 Å². The van der Waals surface area contributed by atoms with Gasteiger partial charge in [-0.05, 0) is 37.6 Å². The Morgan fingerprint density at radius 1 is 1.39 bits per heavy atom. The highest BCUT2D eigenvalue weighted by Crippen LogP contribution is 2.33. The summed E-state index contributed by atoms with van der Waals surface area (Å²) in [6, 6.07) is 0. The molecule has 4 heteroatoms. The first kappa shape index (κ1) is 13.8. The zero-order valence-corrected chi connectivity index (χ0v) is 11.6. The molecule has 1 amide bonds. The third-order valence-electron chi connectivity index (χ3n) is 4.78. The van der Waals surface area contributed by atoms with Gasteiger partial charge in [-0.1, -0.05) is 13.3 Å². The molecule has 2 rings (SSSR count). The van der Waals surface area contributed by atoms with E-state index in [-0.39, 0.29) is 12.0 Å². The molecule has 1 saturated carbocycles. The van der Waals surface area contributed by atoms with Gasteiger partial charge in [0.05, 0.1) is 6.10 Å². The van der Waals surface area contributed by atoms with E-state index in [0.717, 1.165) is 38.8 Å². The number of hydrogen-bond acceptors (Lipinski definition) is 3. The molecule has 0 radical (unpaired) electrons. The van der Waals surface area contributed by atoms with Gasteiger partial charge in [-0.2, -0.15) is 0 Å². The highest BCUT2D eigenvalue weighted by molar-refractivity contribution is 5.79. The molecule has 0 bridgehead atoms. The van der Waals surface area contributed by atoms with Gasteiger partial charge in [0.15, 0.2) is 0 Å². The topological polar surface area (TPSA) is 55.6 Å². The molecule has 104 valence electrons.